The van der Waals surface area contributed by atoms with Gasteiger partial charge in [-0.2, -0.15) is 0 Å². The van der Waals surface area contributed by atoms with E-state index >= 15 is 0 Å². The topological polar surface area (TPSA) is 101 Å². The highest BCUT2D eigenvalue weighted by Crippen LogP contribution is 2.19. The van der Waals surface area contributed by atoms with Crippen molar-refractivity contribution in [2.45, 2.75) is 6.42 Å². The Balaban J connectivity index is 1.79. The van der Waals surface area contributed by atoms with Gasteiger partial charge in [-0.05, 0) is 48.0 Å². The van der Waals surface area contributed by atoms with Crippen LogP contribution in [0.15, 0.2) is 66.7 Å². The number of carbonyl (C=O) groups excluding carboxylic acids is 3. The fraction of sp³-hybridized carbons (Fsp3) is 0.136. The first-order chi connectivity index (χ1) is 13.6. The van der Waals surface area contributed by atoms with Crippen molar-refractivity contribution in [2.75, 3.05) is 18.4 Å². The molecule has 6 nitrogen and oxygen atoms in total. The van der Waals surface area contributed by atoms with Crippen LogP contribution in [0.2, 0.25) is 0 Å². The number of amides is 2. The van der Waals surface area contributed by atoms with Crippen molar-refractivity contribution in [1.82, 2.24) is 5.32 Å². The summed E-state index contributed by atoms with van der Waals surface area (Å²) in [5.41, 5.74) is 6.29. The number of benzene rings is 3. The first kappa shape index (κ1) is 19.3. The molecule has 0 saturated heterocycles. The molecule has 6 heteroatoms. The second-order valence-corrected chi connectivity index (χ2v) is 6.29. The second-order valence-electron chi connectivity index (χ2n) is 6.29. The zero-order valence-corrected chi connectivity index (χ0v) is 15.3. The van der Waals surface area contributed by atoms with E-state index < -0.39 is 11.7 Å². The van der Waals surface area contributed by atoms with Gasteiger partial charge in [-0.15, -0.1) is 0 Å². The summed E-state index contributed by atoms with van der Waals surface area (Å²) >= 11 is 0. The fourth-order valence-corrected chi connectivity index (χ4v) is 2.82. The Kier molecular flexibility index (Phi) is 6.14. The van der Waals surface area contributed by atoms with Crippen LogP contribution in [0, 0.1) is 0 Å². The van der Waals surface area contributed by atoms with Gasteiger partial charge in [-0.3, -0.25) is 14.4 Å². The number of ketones is 1. The van der Waals surface area contributed by atoms with Crippen LogP contribution in [0.3, 0.4) is 0 Å². The number of Topliss-reactive ketones (excluding diaryl/α,β-unsaturated/α-hetero) is 1. The SMILES string of the molecule is NCCCNC(=O)C(=O)c1ccccc1NC(=O)c1ccc2ccccc2c1. The van der Waals surface area contributed by atoms with E-state index in [1.54, 1.807) is 30.3 Å². The van der Waals surface area contributed by atoms with Gasteiger partial charge in [-0.25, -0.2) is 0 Å². The van der Waals surface area contributed by atoms with Crippen LogP contribution < -0.4 is 16.4 Å². The smallest absolute Gasteiger partial charge is 0.292 e. The first-order valence-electron chi connectivity index (χ1n) is 9.02. The minimum atomic E-state index is -0.721. The van der Waals surface area contributed by atoms with E-state index in [4.69, 9.17) is 5.73 Å². The number of nitrogens with two attached hydrogens (primary N) is 1. The molecule has 0 aliphatic carbocycles. The minimum absolute atomic E-state index is 0.141. The molecule has 0 unspecified atom stereocenters. The molecule has 3 aromatic carbocycles. The number of para-hydroxylation sites is 1. The molecule has 0 aliphatic rings. The lowest BCUT2D eigenvalue weighted by atomic mass is 10.1. The second kappa shape index (κ2) is 8.92. The number of anilines is 1. The van der Waals surface area contributed by atoms with Gasteiger partial charge in [-0.1, -0.05) is 42.5 Å². The zero-order valence-electron chi connectivity index (χ0n) is 15.3. The molecule has 3 aromatic rings. The van der Waals surface area contributed by atoms with Crippen LogP contribution in [-0.4, -0.2) is 30.7 Å². The van der Waals surface area contributed by atoms with E-state index in [9.17, 15) is 14.4 Å². The van der Waals surface area contributed by atoms with Gasteiger partial charge in [0.15, 0.2) is 0 Å². The highest BCUT2D eigenvalue weighted by Gasteiger charge is 2.20. The molecule has 3 rings (SSSR count). The first-order valence-corrected chi connectivity index (χ1v) is 9.02. The van der Waals surface area contributed by atoms with Crippen LogP contribution in [0.5, 0.6) is 0 Å². The highest BCUT2D eigenvalue weighted by atomic mass is 16.2. The molecule has 0 saturated carbocycles. The molecule has 0 spiro atoms. The fourth-order valence-electron chi connectivity index (χ4n) is 2.82. The third-order valence-electron chi connectivity index (χ3n) is 4.30. The largest absolute Gasteiger partial charge is 0.349 e. The quantitative estimate of drug-likeness (QED) is 0.336. The van der Waals surface area contributed by atoms with Crippen LogP contribution in [0.25, 0.3) is 10.8 Å². The van der Waals surface area contributed by atoms with Crippen molar-refractivity contribution in [3.05, 3.63) is 77.9 Å². The summed E-state index contributed by atoms with van der Waals surface area (Å²) < 4.78 is 0. The molecule has 0 bridgehead atoms. The number of hydrogen-bond acceptors (Lipinski definition) is 4. The molecule has 0 fully saturated rings. The molecule has 0 atom stereocenters. The van der Waals surface area contributed by atoms with E-state index in [-0.39, 0.29) is 11.5 Å². The predicted octanol–water partition coefficient (Wildman–Crippen LogP) is 2.74. The van der Waals surface area contributed by atoms with Gasteiger partial charge in [0, 0.05) is 12.1 Å². The molecule has 4 N–H and O–H groups in total. The van der Waals surface area contributed by atoms with E-state index in [0.29, 0.717) is 30.8 Å². The summed E-state index contributed by atoms with van der Waals surface area (Å²) in [5.74, 6) is -1.78. The van der Waals surface area contributed by atoms with Gasteiger partial charge in [0.25, 0.3) is 17.6 Å². The van der Waals surface area contributed by atoms with Crippen molar-refractivity contribution in [3.8, 4) is 0 Å². The van der Waals surface area contributed by atoms with Gasteiger partial charge >= 0.3 is 0 Å². The Morgan fingerprint density at radius 2 is 1.57 bits per heavy atom. The summed E-state index contributed by atoms with van der Waals surface area (Å²) in [7, 11) is 0. The zero-order chi connectivity index (χ0) is 19.9. The van der Waals surface area contributed by atoms with Gasteiger partial charge in [0.05, 0.1) is 11.3 Å². The Labute approximate surface area is 162 Å². The normalized spacial score (nSPS) is 10.5. The number of rotatable bonds is 7. The van der Waals surface area contributed by atoms with Crippen molar-refractivity contribution >= 4 is 34.1 Å². The highest BCUT2D eigenvalue weighted by molar-refractivity contribution is 6.44. The summed E-state index contributed by atoms with van der Waals surface area (Å²) in [6.45, 7) is 0.750. The summed E-state index contributed by atoms with van der Waals surface area (Å²) in [6, 6.07) is 19.6. The van der Waals surface area contributed by atoms with Crippen molar-refractivity contribution < 1.29 is 14.4 Å². The minimum Gasteiger partial charge on any atom is -0.349 e. The van der Waals surface area contributed by atoms with E-state index in [2.05, 4.69) is 10.6 Å². The van der Waals surface area contributed by atoms with Gasteiger partial charge in [0.2, 0.25) is 0 Å². The third kappa shape index (κ3) is 4.42. The Morgan fingerprint density at radius 1 is 0.857 bits per heavy atom. The van der Waals surface area contributed by atoms with E-state index in [0.717, 1.165) is 10.8 Å². The maximum atomic E-state index is 12.7. The summed E-state index contributed by atoms with van der Waals surface area (Å²) in [6.07, 6.45) is 0.583. The average Bonchev–Trinajstić information content (AvgIpc) is 2.73. The number of hydrogen-bond donors (Lipinski definition) is 3. The molecule has 0 heterocycles. The van der Waals surface area contributed by atoms with Gasteiger partial charge < -0.3 is 16.4 Å². The molecule has 28 heavy (non-hydrogen) atoms. The summed E-state index contributed by atoms with van der Waals surface area (Å²) in [4.78, 5) is 37.2. The summed E-state index contributed by atoms with van der Waals surface area (Å²) in [5, 5.41) is 7.24. The maximum Gasteiger partial charge on any atom is 0.292 e. The Morgan fingerprint density at radius 3 is 2.36 bits per heavy atom. The van der Waals surface area contributed by atoms with Crippen molar-refractivity contribution in [2.24, 2.45) is 5.73 Å². The van der Waals surface area contributed by atoms with Crippen LogP contribution in [-0.2, 0) is 4.79 Å². The molecule has 0 aromatic heterocycles. The predicted molar refractivity (Wildman–Crippen MR) is 109 cm³/mol. The Bertz CT molecular complexity index is 1030. The number of fused-ring (bicyclic) bond motifs is 1. The average molecular weight is 375 g/mol. The molecule has 2 amide bonds. The lowest BCUT2D eigenvalue weighted by molar-refractivity contribution is -0.117. The van der Waals surface area contributed by atoms with Crippen LogP contribution in [0.4, 0.5) is 5.69 Å². The van der Waals surface area contributed by atoms with Crippen molar-refractivity contribution in [1.29, 1.82) is 0 Å². The maximum absolute atomic E-state index is 12.7. The molecule has 0 aliphatic heterocycles. The molecular formula is C22H21N3O3. The molecular weight excluding hydrogens is 354 g/mol. The van der Waals surface area contributed by atoms with E-state index in [1.165, 1.54) is 6.07 Å². The van der Waals surface area contributed by atoms with Crippen molar-refractivity contribution in [3.63, 3.8) is 0 Å². The number of carbonyl (C=O) groups is 3. The lowest BCUT2D eigenvalue weighted by Gasteiger charge is -2.11. The molecule has 0 radical (unpaired) electrons. The van der Waals surface area contributed by atoms with Gasteiger partial charge in [0.1, 0.15) is 0 Å². The van der Waals surface area contributed by atoms with E-state index in [1.807, 2.05) is 30.3 Å². The third-order valence-corrected chi connectivity index (χ3v) is 4.30. The standard InChI is InChI=1S/C22H21N3O3/c23-12-5-13-24-22(28)20(26)18-8-3-4-9-19(18)25-21(27)17-11-10-15-6-1-2-7-16(15)14-17/h1-4,6-11,14H,5,12-13,23H2,(H,24,28)(H,25,27). The monoisotopic (exact) mass is 375 g/mol. The number of nitrogens with one attached hydrogen (secondary N) is 2. The van der Waals surface area contributed by atoms with Crippen LogP contribution >= 0.6 is 0 Å². The Hall–Kier alpha value is -3.51. The van der Waals surface area contributed by atoms with Crippen LogP contribution in [0.1, 0.15) is 27.1 Å². The lowest BCUT2D eigenvalue weighted by Crippen LogP contribution is -2.33. The molecule has 142 valence electrons.